The second-order valence-corrected chi connectivity index (χ2v) is 5.02. The molecule has 0 aliphatic rings. The first-order chi connectivity index (χ1) is 9.50. The second kappa shape index (κ2) is 6.01. The molecule has 0 saturated heterocycles. The fraction of sp³-hybridized carbons (Fsp3) is 0.312. The first kappa shape index (κ1) is 14.5. The number of pyridine rings is 1. The number of aromatic nitrogens is 1. The molecule has 1 N–H and O–H groups in total. The quantitative estimate of drug-likeness (QED) is 0.929. The van der Waals surface area contributed by atoms with E-state index in [2.05, 4.69) is 5.32 Å². The fourth-order valence-electron chi connectivity index (χ4n) is 2.09. The van der Waals surface area contributed by atoms with Crippen molar-refractivity contribution in [3.05, 3.63) is 68.9 Å². The van der Waals surface area contributed by atoms with Crippen LogP contribution in [0, 0.1) is 19.7 Å². The summed E-state index contributed by atoms with van der Waals surface area (Å²) < 4.78 is 15.4. The van der Waals surface area contributed by atoms with Crippen LogP contribution in [0.3, 0.4) is 0 Å². The zero-order valence-electron chi connectivity index (χ0n) is 12.0. The van der Waals surface area contributed by atoms with Crippen LogP contribution in [0.1, 0.15) is 22.4 Å². The summed E-state index contributed by atoms with van der Waals surface area (Å²) in [6, 6.07) is 9.06. The molecule has 1 aromatic carbocycles. The first-order valence-electron chi connectivity index (χ1n) is 6.61. The van der Waals surface area contributed by atoms with E-state index < -0.39 is 0 Å². The Morgan fingerprint density at radius 3 is 2.55 bits per heavy atom. The molecule has 0 aliphatic carbocycles. The molecular weight excluding hydrogens is 255 g/mol. The molecule has 3 nitrogen and oxygen atoms in total. The molecule has 1 aromatic heterocycles. The molecule has 20 heavy (non-hydrogen) atoms. The van der Waals surface area contributed by atoms with Crippen molar-refractivity contribution in [2.24, 2.45) is 7.05 Å². The van der Waals surface area contributed by atoms with Crippen molar-refractivity contribution in [2.75, 3.05) is 0 Å². The Kier molecular flexibility index (Phi) is 4.35. The third-order valence-corrected chi connectivity index (χ3v) is 3.54. The van der Waals surface area contributed by atoms with E-state index in [1.54, 1.807) is 30.7 Å². The minimum absolute atomic E-state index is 0.0118. The average molecular weight is 274 g/mol. The second-order valence-electron chi connectivity index (χ2n) is 5.02. The maximum absolute atomic E-state index is 13.8. The van der Waals surface area contributed by atoms with Crippen molar-refractivity contribution in [3.63, 3.8) is 0 Å². The van der Waals surface area contributed by atoms with Crippen LogP contribution in [0.5, 0.6) is 0 Å². The summed E-state index contributed by atoms with van der Waals surface area (Å²) in [5, 5.41) is 3.12. The minimum Gasteiger partial charge on any atom is -0.316 e. The molecular formula is C16H19FN2O. The lowest BCUT2D eigenvalue weighted by atomic mass is 10.1. The zero-order valence-corrected chi connectivity index (χ0v) is 12.0. The highest BCUT2D eigenvalue weighted by Gasteiger charge is 2.06. The number of aryl methyl sites for hydroxylation is 2. The predicted octanol–water partition coefficient (Wildman–Crippen LogP) is 2.43. The van der Waals surface area contributed by atoms with Crippen LogP contribution in [-0.4, -0.2) is 4.57 Å². The van der Waals surface area contributed by atoms with Crippen LogP contribution in [0.4, 0.5) is 4.39 Å². The average Bonchev–Trinajstić information content (AvgIpc) is 2.43. The van der Waals surface area contributed by atoms with Gasteiger partial charge in [-0.1, -0.05) is 24.3 Å². The van der Waals surface area contributed by atoms with E-state index >= 15 is 0 Å². The van der Waals surface area contributed by atoms with Gasteiger partial charge in [0.1, 0.15) is 5.82 Å². The molecule has 2 rings (SSSR count). The number of hydrogen-bond donors (Lipinski definition) is 1. The van der Waals surface area contributed by atoms with Crippen LogP contribution >= 0.6 is 0 Å². The van der Waals surface area contributed by atoms with Crippen molar-refractivity contribution >= 4 is 0 Å². The van der Waals surface area contributed by atoms with Crippen LogP contribution < -0.4 is 10.9 Å². The summed E-state index contributed by atoms with van der Waals surface area (Å²) in [4.78, 5) is 12.0. The van der Waals surface area contributed by atoms with Crippen LogP contribution in [0.2, 0.25) is 0 Å². The van der Waals surface area contributed by atoms with E-state index in [0.717, 1.165) is 5.69 Å². The molecule has 4 heteroatoms. The SMILES string of the molecule is Cc1cccc(CNCc2ccc(C)n(C)c2=O)c1F. The van der Waals surface area contributed by atoms with E-state index in [9.17, 15) is 9.18 Å². The van der Waals surface area contributed by atoms with Crippen molar-refractivity contribution < 1.29 is 4.39 Å². The van der Waals surface area contributed by atoms with Crippen molar-refractivity contribution in [3.8, 4) is 0 Å². The lowest BCUT2D eigenvalue weighted by Crippen LogP contribution is -2.26. The van der Waals surface area contributed by atoms with E-state index in [1.807, 2.05) is 25.1 Å². The molecule has 0 bridgehead atoms. The number of nitrogens with one attached hydrogen (secondary N) is 1. The zero-order chi connectivity index (χ0) is 14.7. The Morgan fingerprint density at radius 2 is 1.80 bits per heavy atom. The molecule has 0 fully saturated rings. The van der Waals surface area contributed by atoms with E-state index in [4.69, 9.17) is 0 Å². The summed E-state index contributed by atoms with van der Waals surface area (Å²) in [7, 11) is 1.75. The molecule has 1 heterocycles. The Hall–Kier alpha value is -1.94. The third-order valence-electron chi connectivity index (χ3n) is 3.54. The van der Waals surface area contributed by atoms with E-state index in [-0.39, 0.29) is 11.4 Å². The molecule has 0 saturated carbocycles. The highest BCUT2D eigenvalue weighted by Crippen LogP contribution is 2.11. The van der Waals surface area contributed by atoms with Gasteiger partial charge in [0, 0.05) is 37.0 Å². The number of halogens is 1. The first-order valence-corrected chi connectivity index (χ1v) is 6.61. The van der Waals surface area contributed by atoms with Gasteiger partial charge in [0.15, 0.2) is 0 Å². The van der Waals surface area contributed by atoms with Gasteiger partial charge in [0.05, 0.1) is 0 Å². The number of hydrogen-bond acceptors (Lipinski definition) is 2. The fourth-order valence-corrected chi connectivity index (χ4v) is 2.09. The monoisotopic (exact) mass is 274 g/mol. The Balaban J connectivity index is 2.05. The van der Waals surface area contributed by atoms with Gasteiger partial charge in [0.2, 0.25) is 0 Å². The van der Waals surface area contributed by atoms with Gasteiger partial charge in [-0.25, -0.2) is 4.39 Å². The Labute approximate surface area is 118 Å². The van der Waals surface area contributed by atoms with E-state index in [1.165, 1.54) is 0 Å². The van der Waals surface area contributed by atoms with Crippen molar-refractivity contribution in [1.82, 2.24) is 9.88 Å². The minimum atomic E-state index is -0.184. The van der Waals surface area contributed by atoms with Gasteiger partial charge >= 0.3 is 0 Å². The molecule has 0 atom stereocenters. The molecule has 0 aliphatic heterocycles. The summed E-state index contributed by atoms with van der Waals surface area (Å²) in [5.74, 6) is -0.184. The van der Waals surface area contributed by atoms with E-state index in [0.29, 0.717) is 29.8 Å². The normalized spacial score (nSPS) is 10.8. The van der Waals surface area contributed by atoms with Gasteiger partial charge in [-0.05, 0) is 25.5 Å². The highest BCUT2D eigenvalue weighted by atomic mass is 19.1. The largest absolute Gasteiger partial charge is 0.316 e. The topological polar surface area (TPSA) is 34.0 Å². The van der Waals surface area contributed by atoms with Crippen molar-refractivity contribution in [2.45, 2.75) is 26.9 Å². The molecule has 2 aromatic rings. The lowest BCUT2D eigenvalue weighted by Gasteiger charge is -2.09. The highest BCUT2D eigenvalue weighted by molar-refractivity contribution is 5.25. The van der Waals surface area contributed by atoms with Crippen LogP contribution in [-0.2, 0) is 20.1 Å². The maximum Gasteiger partial charge on any atom is 0.254 e. The summed E-state index contributed by atoms with van der Waals surface area (Å²) in [6.45, 7) is 4.47. The molecule has 106 valence electrons. The van der Waals surface area contributed by atoms with Gasteiger partial charge < -0.3 is 9.88 Å². The summed E-state index contributed by atoms with van der Waals surface area (Å²) in [6.07, 6.45) is 0. The lowest BCUT2D eigenvalue weighted by molar-refractivity contribution is 0.579. The standard InChI is InChI=1S/C16H19FN2O/c1-11-5-4-6-13(15(11)17)9-18-10-14-8-7-12(2)19(3)16(14)20/h4-8,18H,9-10H2,1-3H3. The molecule has 0 unspecified atom stereocenters. The number of rotatable bonds is 4. The number of benzene rings is 1. The van der Waals surface area contributed by atoms with Gasteiger partial charge in [-0.2, -0.15) is 0 Å². The Morgan fingerprint density at radius 1 is 1.10 bits per heavy atom. The summed E-state index contributed by atoms with van der Waals surface area (Å²) in [5.41, 5.74) is 2.85. The summed E-state index contributed by atoms with van der Waals surface area (Å²) >= 11 is 0. The van der Waals surface area contributed by atoms with Gasteiger partial charge in [-0.3, -0.25) is 4.79 Å². The van der Waals surface area contributed by atoms with Gasteiger partial charge in [-0.15, -0.1) is 0 Å². The maximum atomic E-state index is 13.8. The smallest absolute Gasteiger partial charge is 0.254 e. The predicted molar refractivity (Wildman–Crippen MR) is 78.1 cm³/mol. The van der Waals surface area contributed by atoms with Crippen LogP contribution in [0.25, 0.3) is 0 Å². The molecule has 0 radical (unpaired) electrons. The van der Waals surface area contributed by atoms with Crippen LogP contribution in [0.15, 0.2) is 35.1 Å². The molecule has 0 amide bonds. The Bertz CT molecular complexity index is 677. The molecule has 0 spiro atoms. The van der Waals surface area contributed by atoms with Gasteiger partial charge in [0.25, 0.3) is 5.56 Å². The van der Waals surface area contributed by atoms with Crippen molar-refractivity contribution in [1.29, 1.82) is 0 Å². The number of nitrogens with zero attached hydrogens (tertiary/aromatic N) is 1. The third kappa shape index (κ3) is 2.96.